The summed E-state index contributed by atoms with van der Waals surface area (Å²) in [6, 6.07) is 16.1. The molecule has 0 saturated carbocycles. The Labute approximate surface area is 198 Å². The van der Waals surface area contributed by atoms with Crippen LogP contribution in [0.15, 0.2) is 73.3 Å². The molecule has 170 valence electrons. The summed E-state index contributed by atoms with van der Waals surface area (Å²) in [5, 5.41) is 4.53. The van der Waals surface area contributed by atoms with E-state index in [4.69, 9.17) is 9.47 Å². The van der Waals surface area contributed by atoms with Crippen LogP contribution >= 0.6 is 11.8 Å². The lowest BCUT2D eigenvalue weighted by molar-refractivity contribution is 0.111. The zero-order valence-corrected chi connectivity index (χ0v) is 19.6. The number of benzene rings is 1. The van der Waals surface area contributed by atoms with E-state index in [1.807, 2.05) is 61.4 Å². The molecule has 0 unspecified atom stereocenters. The van der Waals surface area contributed by atoms with Crippen LogP contribution < -0.4 is 10.1 Å². The summed E-state index contributed by atoms with van der Waals surface area (Å²) >= 11 is 1.84. The Balaban J connectivity index is 1.17. The third-order valence-corrected chi connectivity index (χ3v) is 6.15. The number of thioether (sulfide) groups is 1. The summed E-state index contributed by atoms with van der Waals surface area (Å²) < 4.78 is 11.7. The van der Waals surface area contributed by atoms with Crippen LogP contribution in [0.3, 0.4) is 0 Å². The first-order chi connectivity index (χ1) is 16.3. The highest BCUT2D eigenvalue weighted by Gasteiger charge is 2.07. The smallest absolute Gasteiger partial charge is 0.125 e. The van der Waals surface area contributed by atoms with Crippen molar-refractivity contribution in [3.05, 3.63) is 90.1 Å². The van der Waals surface area contributed by atoms with Crippen LogP contribution in [-0.4, -0.2) is 40.5 Å². The van der Waals surface area contributed by atoms with Gasteiger partial charge >= 0.3 is 0 Å². The van der Waals surface area contributed by atoms with Gasteiger partial charge in [0.1, 0.15) is 12.4 Å². The molecule has 1 aromatic carbocycles. The van der Waals surface area contributed by atoms with Gasteiger partial charge in [0.2, 0.25) is 0 Å². The number of anilines is 1. The predicted octanol–water partition coefficient (Wildman–Crippen LogP) is 5.27. The number of para-hydroxylation sites is 1. The molecule has 7 heteroatoms. The summed E-state index contributed by atoms with van der Waals surface area (Å²) in [6.45, 7) is 4.42. The molecule has 33 heavy (non-hydrogen) atoms. The van der Waals surface area contributed by atoms with Crippen LogP contribution in [-0.2, 0) is 17.0 Å². The summed E-state index contributed by atoms with van der Waals surface area (Å²) in [6.07, 6.45) is 7.34. The Hall–Kier alpha value is -3.16. The highest BCUT2D eigenvalue weighted by molar-refractivity contribution is 7.98. The minimum Gasteiger partial charge on any atom is -0.491 e. The third-order valence-electron chi connectivity index (χ3n) is 5.16. The maximum atomic E-state index is 5.94. The first-order valence-electron chi connectivity index (χ1n) is 11.0. The van der Waals surface area contributed by atoms with Crippen molar-refractivity contribution in [1.29, 1.82) is 0 Å². The Morgan fingerprint density at radius 3 is 2.79 bits per heavy atom. The SMILES string of the molecule is Cc1c(OCCOCCSCc2cccnc2)ccnc1CNc1cnc2ccccc2c1. The van der Waals surface area contributed by atoms with Gasteiger partial charge in [-0.3, -0.25) is 15.0 Å². The first-order valence-corrected chi connectivity index (χ1v) is 12.2. The Morgan fingerprint density at radius 2 is 1.88 bits per heavy atom. The quantitative estimate of drug-likeness (QED) is 0.289. The normalized spacial score (nSPS) is 10.9. The number of hydrogen-bond acceptors (Lipinski definition) is 7. The topological polar surface area (TPSA) is 69.2 Å². The molecule has 1 N–H and O–H groups in total. The molecule has 3 heterocycles. The average Bonchev–Trinajstić information content (AvgIpc) is 2.86. The van der Waals surface area contributed by atoms with Gasteiger partial charge in [0.25, 0.3) is 0 Å². The lowest BCUT2D eigenvalue weighted by Gasteiger charge is -2.13. The number of pyridine rings is 3. The molecule has 4 rings (SSSR count). The fourth-order valence-electron chi connectivity index (χ4n) is 3.35. The largest absolute Gasteiger partial charge is 0.491 e. The first kappa shape index (κ1) is 23.0. The van der Waals surface area contributed by atoms with Crippen molar-refractivity contribution in [2.45, 2.75) is 19.2 Å². The van der Waals surface area contributed by atoms with E-state index in [0.29, 0.717) is 26.4 Å². The second kappa shape index (κ2) is 12.2. The molecule has 0 aliphatic heterocycles. The van der Waals surface area contributed by atoms with Gasteiger partial charge in [-0.15, -0.1) is 0 Å². The van der Waals surface area contributed by atoms with E-state index >= 15 is 0 Å². The lowest BCUT2D eigenvalue weighted by atomic mass is 10.2. The van der Waals surface area contributed by atoms with Crippen molar-refractivity contribution in [2.24, 2.45) is 0 Å². The molecule has 0 saturated heterocycles. The summed E-state index contributed by atoms with van der Waals surface area (Å²) in [5.74, 6) is 2.74. The van der Waals surface area contributed by atoms with Crippen LogP contribution in [0.4, 0.5) is 5.69 Å². The van der Waals surface area contributed by atoms with Crippen LogP contribution in [0.25, 0.3) is 10.9 Å². The van der Waals surface area contributed by atoms with Crippen molar-refractivity contribution in [1.82, 2.24) is 15.0 Å². The van der Waals surface area contributed by atoms with Crippen LogP contribution in [0.1, 0.15) is 16.8 Å². The van der Waals surface area contributed by atoms with E-state index < -0.39 is 0 Å². The maximum absolute atomic E-state index is 5.94. The summed E-state index contributed by atoms with van der Waals surface area (Å²) in [5.41, 5.74) is 5.18. The molecule has 4 aromatic rings. The Bertz CT molecular complexity index is 1160. The molecule has 0 atom stereocenters. The highest BCUT2D eigenvalue weighted by atomic mass is 32.2. The summed E-state index contributed by atoms with van der Waals surface area (Å²) in [4.78, 5) is 13.1. The molecule has 0 spiro atoms. The van der Waals surface area contributed by atoms with Gasteiger partial charge in [-0.25, -0.2) is 0 Å². The van der Waals surface area contributed by atoms with E-state index in [-0.39, 0.29) is 0 Å². The molecule has 0 radical (unpaired) electrons. The van der Waals surface area contributed by atoms with Gasteiger partial charge in [-0.2, -0.15) is 11.8 Å². The highest BCUT2D eigenvalue weighted by Crippen LogP contribution is 2.21. The fourth-order valence-corrected chi connectivity index (χ4v) is 4.14. The van der Waals surface area contributed by atoms with E-state index in [1.165, 1.54) is 5.56 Å². The molecular weight excluding hydrogens is 432 g/mol. The second-order valence-corrected chi connectivity index (χ2v) is 8.63. The van der Waals surface area contributed by atoms with Gasteiger partial charge in [0.15, 0.2) is 0 Å². The van der Waals surface area contributed by atoms with E-state index in [9.17, 15) is 0 Å². The van der Waals surface area contributed by atoms with Crippen molar-refractivity contribution in [3.8, 4) is 5.75 Å². The van der Waals surface area contributed by atoms with Crippen LogP contribution in [0.5, 0.6) is 5.75 Å². The number of fused-ring (bicyclic) bond motifs is 1. The standard InChI is InChI=1S/C26H28N4O2S/c1-20-25(18-29-23-15-22-6-2-3-7-24(22)30-17-23)28-10-8-26(20)32-12-11-31-13-14-33-19-21-5-4-9-27-16-21/h2-10,15-17,29H,11-14,18-19H2,1H3. The Kier molecular flexibility index (Phi) is 8.49. The van der Waals surface area contributed by atoms with Crippen molar-refractivity contribution >= 4 is 28.4 Å². The molecule has 0 aliphatic carbocycles. The van der Waals surface area contributed by atoms with Gasteiger partial charge < -0.3 is 14.8 Å². The number of rotatable bonds is 12. The lowest BCUT2D eigenvalue weighted by Crippen LogP contribution is -2.11. The monoisotopic (exact) mass is 460 g/mol. The third kappa shape index (κ3) is 6.91. The number of nitrogens with zero attached hydrogens (tertiary/aromatic N) is 3. The average molecular weight is 461 g/mol. The molecule has 6 nitrogen and oxygen atoms in total. The number of nitrogens with one attached hydrogen (secondary N) is 1. The molecular formula is C26H28N4O2S. The molecule has 0 aliphatic rings. The van der Waals surface area contributed by atoms with E-state index in [0.717, 1.165) is 45.1 Å². The fraction of sp³-hybridized carbons (Fsp3) is 0.269. The van der Waals surface area contributed by atoms with E-state index in [1.54, 1.807) is 12.4 Å². The minimum atomic E-state index is 0.513. The molecule has 0 bridgehead atoms. The maximum Gasteiger partial charge on any atom is 0.125 e. The van der Waals surface area contributed by atoms with Crippen LogP contribution in [0, 0.1) is 6.92 Å². The number of ether oxygens (including phenoxy) is 2. The van der Waals surface area contributed by atoms with Crippen LogP contribution in [0.2, 0.25) is 0 Å². The molecule has 3 aromatic heterocycles. The summed E-state index contributed by atoms with van der Waals surface area (Å²) in [7, 11) is 0. The van der Waals surface area contributed by atoms with E-state index in [2.05, 4.69) is 38.5 Å². The zero-order valence-electron chi connectivity index (χ0n) is 18.7. The predicted molar refractivity (Wildman–Crippen MR) is 135 cm³/mol. The van der Waals surface area contributed by atoms with Gasteiger partial charge in [0.05, 0.1) is 42.9 Å². The molecule has 0 amide bonds. The Morgan fingerprint density at radius 1 is 0.939 bits per heavy atom. The van der Waals surface area contributed by atoms with Crippen molar-refractivity contribution < 1.29 is 9.47 Å². The number of hydrogen-bond donors (Lipinski definition) is 1. The van der Waals surface area contributed by atoms with Gasteiger partial charge in [-0.05, 0) is 36.8 Å². The van der Waals surface area contributed by atoms with Crippen molar-refractivity contribution in [2.75, 3.05) is 30.9 Å². The van der Waals surface area contributed by atoms with Crippen molar-refractivity contribution in [3.63, 3.8) is 0 Å². The second-order valence-electron chi connectivity index (χ2n) is 7.53. The zero-order chi connectivity index (χ0) is 22.7. The van der Waals surface area contributed by atoms with Gasteiger partial charge in [-0.1, -0.05) is 24.3 Å². The minimum absolute atomic E-state index is 0.513. The van der Waals surface area contributed by atoms with Gasteiger partial charge in [0, 0.05) is 41.0 Å². The molecule has 0 fully saturated rings. The number of aromatic nitrogens is 3.